The van der Waals surface area contributed by atoms with E-state index < -0.39 is 5.41 Å². The van der Waals surface area contributed by atoms with Gasteiger partial charge in [0.2, 0.25) is 11.8 Å². The molecule has 1 N–H and O–H groups in total. The molecule has 0 unspecified atom stereocenters. The summed E-state index contributed by atoms with van der Waals surface area (Å²) in [5, 5.41) is 2.83. The fraction of sp³-hybridized carbons (Fsp3) is 0.556. The van der Waals surface area contributed by atoms with Crippen LogP contribution in [-0.4, -0.2) is 36.9 Å². The van der Waals surface area contributed by atoms with Gasteiger partial charge >= 0.3 is 0 Å². The van der Waals surface area contributed by atoms with Crippen LogP contribution >= 0.6 is 0 Å². The van der Waals surface area contributed by atoms with Crippen LogP contribution in [-0.2, 0) is 9.59 Å². The largest absolute Gasteiger partial charge is 0.495 e. The third kappa shape index (κ3) is 4.03. The van der Waals surface area contributed by atoms with Crippen molar-refractivity contribution < 1.29 is 14.3 Å². The molecule has 126 valence electrons. The van der Waals surface area contributed by atoms with Gasteiger partial charge in [0.15, 0.2) is 0 Å². The van der Waals surface area contributed by atoms with Gasteiger partial charge < -0.3 is 15.0 Å². The Morgan fingerprint density at radius 3 is 2.30 bits per heavy atom. The molecule has 0 saturated carbocycles. The standard InChI is InChI=1S/C18H26N2O3/c1-18(2,17(22)20-12-8-4-5-9-13-20)16(21)19-14-10-6-7-11-15(14)23-3/h6-7,10-11H,4-5,8-9,12-13H2,1-3H3,(H,19,21). The van der Waals surface area contributed by atoms with Gasteiger partial charge in [0, 0.05) is 13.1 Å². The Labute approximate surface area is 138 Å². The van der Waals surface area contributed by atoms with Crippen LogP contribution in [0.1, 0.15) is 39.5 Å². The first-order valence-corrected chi connectivity index (χ1v) is 8.20. The van der Waals surface area contributed by atoms with Crippen molar-refractivity contribution in [1.82, 2.24) is 4.90 Å². The highest BCUT2D eigenvalue weighted by Gasteiger charge is 2.39. The van der Waals surface area contributed by atoms with Crippen LogP contribution in [0, 0.1) is 5.41 Å². The predicted molar refractivity (Wildman–Crippen MR) is 90.5 cm³/mol. The Morgan fingerprint density at radius 1 is 1.09 bits per heavy atom. The first-order chi connectivity index (χ1) is 11.0. The van der Waals surface area contributed by atoms with Gasteiger partial charge in [0.1, 0.15) is 11.2 Å². The van der Waals surface area contributed by atoms with Gasteiger partial charge in [-0.05, 0) is 38.8 Å². The summed E-state index contributed by atoms with van der Waals surface area (Å²) in [6.07, 6.45) is 4.32. The summed E-state index contributed by atoms with van der Waals surface area (Å²) >= 11 is 0. The zero-order chi connectivity index (χ0) is 16.9. The van der Waals surface area contributed by atoms with Crippen molar-refractivity contribution in [3.63, 3.8) is 0 Å². The zero-order valence-electron chi connectivity index (χ0n) is 14.2. The lowest BCUT2D eigenvalue weighted by Crippen LogP contribution is -2.47. The van der Waals surface area contributed by atoms with Crippen molar-refractivity contribution in [2.24, 2.45) is 5.41 Å². The molecule has 2 amide bonds. The van der Waals surface area contributed by atoms with E-state index in [0.29, 0.717) is 11.4 Å². The number of hydrogen-bond donors (Lipinski definition) is 1. The number of likely N-dealkylation sites (tertiary alicyclic amines) is 1. The average Bonchev–Trinajstić information content (AvgIpc) is 2.83. The minimum Gasteiger partial charge on any atom is -0.495 e. The molecule has 1 aromatic carbocycles. The van der Waals surface area contributed by atoms with Crippen molar-refractivity contribution in [3.05, 3.63) is 24.3 Å². The molecule has 1 fully saturated rings. The van der Waals surface area contributed by atoms with Gasteiger partial charge in [0.05, 0.1) is 12.8 Å². The molecule has 1 saturated heterocycles. The van der Waals surface area contributed by atoms with E-state index in [1.807, 2.05) is 17.0 Å². The van der Waals surface area contributed by atoms with Crippen LogP contribution in [0.15, 0.2) is 24.3 Å². The third-order valence-electron chi connectivity index (χ3n) is 4.35. The predicted octanol–water partition coefficient (Wildman–Crippen LogP) is 3.06. The maximum atomic E-state index is 12.8. The number of rotatable bonds is 4. The smallest absolute Gasteiger partial charge is 0.239 e. The van der Waals surface area contributed by atoms with Crippen LogP contribution in [0.5, 0.6) is 5.75 Å². The first-order valence-electron chi connectivity index (χ1n) is 8.20. The van der Waals surface area contributed by atoms with Gasteiger partial charge in [-0.25, -0.2) is 0 Å². The number of para-hydroxylation sites is 2. The van der Waals surface area contributed by atoms with E-state index in [9.17, 15) is 9.59 Å². The van der Waals surface area contributed by atoms with Gasteiger partial charge in [0.25, 0.3) is 0 Å². The second-order valence-corrected chi connectivity index (χ2v) is 6.49. The molecule has 0 spiro atoms. The summed E-state index contributed by atoms with van der Waals surface area (Å²) in [5.74, 6) is 0.168. The van der Waals surface area contributed by atoms with E-state index in [2.05, 4.69) is 5.32 Å². The SMILES string of the molecule is COc1ccccc1NC(=O)C(C)(C)C(=O)N1CCCCCC1. The van der Waals surface area contributed by atoms with E-state index in [4.69, 9.17) is 4.74 Å². The molecule has 5 heteroatoms. The normalized spacial score (nSPS) is 15.7. The van der Waals surface area contributed by atoms with Crippen LogP contribution in [0.25, 0.3) is 0 Å². The lowest BCUT2D eigenvalue weighted by molar-refractivity contribution is -0.146. The lowest BCUT2D eigenvalue weighted by atomic mass is 9.90. The first kappa shape index (κ1) is 17.3. The van der Waals surface area contributed by atoms with Crippen molar-refractivity contribution in [1.29, 1.82) is 0 Å². The van der Waals surface area contributed by atoms with Crippen molar-refractivity contribution in [2.45, 2.75) is 39.5 Å². The Kier molecular flexibility index (Phi) is 5.64. The van der Waals surface area contributed by atoms with Gasteiger partial charge in [-0.3, -0.25) is 9.59 Å². The summed E-state index contributed by atoms with van der Waals surface area (Å²) in [6, 6.07) is 7.20. The highest BCUT2D eigenvalue weighted by atomic mass is 16.5. The Bertz CT molecular complexity index is 561. The Balaban J connectivity index is 2.11. The minimum atomic E-state index is -1.11. The summed E-state index contributed by atoms with van der Waals surface area (Å²) in [4.78, 5) is 27.3. The molecule has 0 radical (unpaired) electrons. The minimum absolute atomic E-state index is 0.105. The van der Waals surface area contributed by atoms with E-state index in [1.54, 1.807) is 33.1 Å². The van der Waals surface area contributed by atoms with Gasteiger partial charge in [-0.2, -0.15) is 0 Å². The number of carbonyl (C=O) groups is 2. The number of nitrogens with zero attached hydrogens (tertiary/aromatic N) is 1. The molecule has 1 heterocycles. The van der Waals surface area contributed by atoms with Crippen LogP contribution in [0.2, 0.25) is 0 Å². The van der Waals surface area contributed by atoms with E-state index in [-0.39, 0.29) is 11.8 Å². The number of ether oxygens (including phenoxy) is 1. The van der Waals surface area contributed by atoms with E-state index >= 15 is 0 Å². The van der Waals surface area contributed by atoms with E-state index in [1.165, 1.54) is 0 Å². The summed E-state index contributed by atoms with van der Waals surface area (Å²) < 4.78 is 5.24. The molecule has 0 atom stereocenters. The molecule has 1 aromatic rings. The number of anilines is 1. The highest BCUT2D eigenvalue weighted by Crippen LogP contribution is 2.28. The highest BCUT2D eigenvalue weighted by molar-refractivity contribution is 6.10. The molecule has 0 aromatic heterocycles. The molecule has 0 aliphatic carbocycles. The number of hydrogen-bond acceptors (Lipinski definition) is 3. The monoisotopic (exact) mass is 318 g/mol. The summed E-state index contributed by atoms with van der Waals surface area (Å²) in [5.41, 5.74) is -0.526. The Morgan fingerprint density at radius 2 is 1.70 bits per heavy atom. The average molecular weight is 318 g/mol. The molecule has 5 nitrogen and oxygen atoms in total. The quantitative estimate of drug-likeness (QED) is 0.868. The molecule has 23 heavy (non-hydrogen) atoms. The van der Waals surface area contributed by atoms with Crippen LogP contribution in [0.3, 0.4) is 0 Å². The van der Waals surface area contributed by atoms with Gasteiger partial charge in [-0.1, -0.05) is 25.0 Å². The zero-order valence-corrected chi connectivity index (χ0v) is 14.2. The summed E-state index contributed by atoms with van der Waals surface area (Å²) in [7, 11) is 1.55. The number of amides is 2. The fourth-order valence-electron chi connectivity index (χ4n) is 2.79. The molecule has 1 aliphatic rings. The molecular weight excluding hydrogens is 292 g/mol. The van der Waals surface area contributed by atoms with Crippen LogP contribution in [0.4, 0.5) is 5.69 Å². The second kappa shape index (κ2) is 7.49. The molecular formula is C18H26N2O3. The second-order valence-electron chi connectivity index (χ2n) is 6.49. The lowest BCUT2D eigenvalue weighted by Gasteiger charge is -2.30. The fourth-order valence-corrected chi connectivity index (χ4v) is 2.79. The maximum Gasteiger partial charge on any atom is 0.239 e. The van der Waals surface area contributed by atoms with Crippen molar-refractivity contribution >= 4 is 17.5 Å². The number of methoxy groups -OCH3 is 1. The van der Waals surface area contributed by atoms with Gasteiger partial charge in [-0.15, -0.1) is 0 Å². The maximum absolute atomic E-state index is 12.8. The number of benzene rings is 1. The van der Waals surface area contributed by atoms with E-state index in [0.717, 1.165) is 38.8 Å². The molecule has 2 rings (SSSR count). The Hall–Kier alpha value is -2.04. The topological polar surface area (TPSA) is 58.6 Å². The van der Waals surface area contributed by atoms with Crippen LogP contribution < -0.4 is 10.1 Å². The number of nitrogens with one attached hydrogen (secondary N) is 1. The summed E-state index contributed by atoms with van der Waals surface area (Å²) in [6.45, 7) is 4.85. The third-order valence-corrected chi connectivity index (χ3v) is 4.35. The molecule has 0 bridgehead atoms. The van der Waals surface area contributed by atoms with Crippen molar-refractivity contribution in [3.8, 4) is 5.75 Å². The molecule has 1 aliphatic heterocycles. The van der Waals surface area contributed by atoms with Crippen molar-refractivity contribution in [2.75, 3.05) is 25.5 Å². The number of carbonyl (C=O) groups excluding carboxylic acids is 2.